The van der Waals surface area contributed by atoms with Crippen LogP contribution in [0.15, 0.2) is 4.52 Å². The van der Waals surface area contributed by atoms with Crippen molar-refractivity contribution >= 4 is 11.9 Å². The third-order valence-corrected chi connectivity index (χ3v) is 3.69. The van der Waals surface area contributed by atoms with E-state index in [1.165, 1.54) is 0 Å². The molecule has 0 amide bonds. The predicted molar refractivity (Wildman–Crippen MR) is 70.5 cm³/mol. The molecule has 1 saturated heterocycles. The topological polar surface area (TPSA) is 117 Å². The number of rotatable bonds is 5. The van der Waals surface area contributed by atoms with Gasteiger partial charge in [-0.15, -0.1) is 0 Å². The van der Waals surface area contributed by atoms with Gasteiger partial charge in [-0.1, -0.05) is 19.0 Å². The molecule has 2 rings (SSSR count). The van der Waals surface area contributed by atoms with Gasteiger partial charge in [0.25, 0.3) is 0 Å². The molecule has 2 unspecified atom stereocenters. The van der Waals surface area contributed by atoms with Gasteiger partial charge >= 0.3 is 11.9 Å². The van der Waals surface area contributed by atoms with Gasteiger partial charge in [-0.05, 0) is 13.0 Å². The summed E-state index contributed by atoms with van der Waals surface area (Å²) in [4.78, 5) is 28.4. The zero-order valence-electron chi connectivity index (χ0n) is 12.0. The predicted octanol–water partition coefficient (Wildman–Crippen LogP) is 0.800. The number of piperidine rings is 1. The summed E-state index contributed by atoms with van der Waals surface area (Å²) < 4.78 is 5.13. The van der Waals surface area contributed by atoms with Crippen molar-refractivity contribution in [1.29, 1.82) is 0 Å². The Morgan fingerprint density at radius 2 is 2.00 bits per heavy atom. The second kappa shape index (κ2) is 6.21. The average Bonchev–Trinajstić information content (AvgIpc) is 2.87. The summed E-state index contributed by atoms with van der Waals surface area (Å²) in [6, 6.07) is 0. The van der Waals surface area contributed by atoms with Crippen LogP contribution in [0.4, 0.5) is 0 Å². The molecule has 1 aromatic heterocycles. The Labute approximate surface area is 121 Å². The second-order valence-electron chi connectivity index (χ2n) is 5.61. The Balaban J connectivity index is 2.02. The van der Waals surface area contributed by atoms with E-state index in [9.17, 15) is 14.7 Å². The Morgan fingerprint density at radius 3 is 2.52 bits per heavy atom. The van der Waals surface area contributed by atoms with Gasteiger partial charge in [0.2, 0.25) is 5.89 Å². The number of aromatic nitrogens is 2. The van der Waals surface area contributed by atoms with E-state index in [-0.39, 0.29) is 12.5 Å². The maximum absolute atomic E-state index is 11.2. The molecule has 8 nitrogen and oxygen atoms in total. The van der Waals surface area contributed by atoms with Crippen LogP contribution in [-0.4, -0.2) is 50.3 Å². The SMILES string of the molecule is CC(C)c1noc(CN2CCC(C(=O)O)C(C(=O)O)C2)n1. The van der Waals surface area contributed by atoms with E-state index >= 15 is 0 Å². The van der Waals surface area contributed by atoms with Crippen molar-refractivity contribution in [2.24, 2.45) is 11.8 Å². The fourth-order valence-electron chi connectivity index (χ4n) is 2.47. The zero-order valence-corrected chi connectivity index (χ0v) is 12.0. The first-order valence-corrected chi connectivity index (χ1v) is 6.89. The van der Waals surface area contributed by atoms with Crippen LogP contribution in [-0.2, 0) is 16.1 Å². The van der Waals surface area contributed by atoms with E-state index in [1.807, 2.05) is 18.7 Å². The third-order valence-electron chi connectivity index (χ3n) is 3.69. The molecule has 21 heavy (non-hydrogen) atoms. The van der Waals surface area contributed by atoms with E-state index in [0.717, 1.165) is 0 Å². The molecule has 1 aliphatic rings. The quantitative estimate of drug-likeness (QED) is 0.819. The van der Waals surface area contributed by atoms with Crippen LogP contribution < -0.4 is 0 Å². The van der Waals surface area contributed by atoms with Gasteiger partial charge in [-0.2, -0.15) is 4.98 Å². The van der Waals surface area contributed by atoms with Crippen molar-refractivity contribution in [2.45, 2.75) is 32.7 Å². The molecule has 1 fully saturated rings. The van der Waals surface area contributed by atoms with Gasteiger partial charge in [0.1, 0.15) is 0 Å². The summed E-state index contributed by atoms with van der Waals surface area (Å²) in [5, 5.41) is 22.1. The van der Waals surface area contributed by atoms with Crippen LogP contribution in [0.25, 0.3) is 0 Å². The summed E-state index contributed by atoms with van der Waals surface area (Å²) in [5.41, 5.74) is 0. The standard InChI is InChI=1S/C13H19N3O5/c1-7(2)11-14-10(21-15-11)6-16-4-3-8(12(17)18)9(5-16)13(19)20/h7-9H,3-6H2,1-2H3,(H,17,18)(H,19,20). The minimum absolute atomic E-state index is 0.159. The van der Waals surface area contributed by atoms with Crippen molar-refractivity contribution in [1.82, 2.24) is 15.0 Å². The fourth-order valence-corrected chi connectivity index (χ4v) is 2.47. The van der Waals surface area contributed by atoms with Crippen LogP contribution in [0.1, 0.15) is 37.9 Å². The smallest absolute Gasteiger partial charge is 0.308 e. The largest absolute Gasteiger partial charge is 0.481 e. The van der Waals surface area contributed by atoms with Crippen LogP contribution in [0, 0.1) is 11.8 Å². The first-order valence-electron chi connectivity index (χ1n) is 6.89. The Morgan fingerprint density at radius 1 is 1.33 bits per heavy atom. The van der Waals surface area contributed by atoms with Crippen molar-refractivity contribution in [3.05, 3.63) is 11.7 Å². The minimum atomic E-state index is -1.08. The second-order valence-corrected chi connectivity index (χ2v) is 5.61. The molecule has 2 atom stereocenters. The molecule has 1 aromatic rings. The molecule has 0 bridgehead atoms. The summed E-state index contributed by atoms with van der Waals surface area (Å²) in [7, 11) is 0. The van der Waals surface area contributed by atoms with Crippen molar-refractivity contribution in [2.75, 3.05) is 13.1 Å². The number of carboxylic acids is 2. The lowest BCUT2D eigenvalue weighted by Gasteiger charge is -2.33. The Hall–Kier alpha value is -1.96. The average molecular weight is 297 g/mol. The van der Waals surface area contributed by atoms with Gasteiger partial charge < -0.3 is 14.7 Å². The third kappa shape index (κ3) is 3.57. The van der Waals surface area contributed by atoms with E-state index in [0.29, 0.717) is 31.2 Å². The lowest BCUT2D eigenvalue weighted by molar-refractivity contribution is -0.157. The number of carbonyl (C=O) groups is 2. The molecule has 2 N–H and O–H groups in total. The van der Waals surface area contributed by atoms with Gasteiger partial charge in [-0.3, -0.25) is 14.5 Å². The molecule has 2 heterocycles. The highest BCUT2D eigenvalue weighted by molar-refractivity contribution is 5.80. The van der Waals surface area contributed by atoms with Crippen LogP contribution in [0.3, 0.4) is 0 Å². The zero-order chi connectivity index (χ0) is 15.6. The lowest BCUT2D eigenvalue weighted by Crippen LogP contribution is -2.46. The molecule has 0 aliphatic carbocycles. The summed E-state index contributed by atoms with van der Waals surface area (Å²) >= 11 is 0. The number of likely N-dealkylation sites (tertiary alicyclic amines) is 1. The van der Waals surface area contributed by atoms with E-state index in [4.69, 9.17) is 9.63 Å². The Kier molecular flexibility index (Phi) is 4.56. The normalized spacial score (nSPS) is 23.4. The molecule has 0 aromatic carbocycles. The van der Waals surface area contributed by atoms with Crippen LogP contribution >= 0.6 is 0 Å². The molecule has 1 aliphatic heterocycles. The molecular weight excluding hydrogens is 278 g/mol. The number of carboxylic acid groups (broad SMARTS) is 2. The monoisotopic (exact) mass is 297 g/mol. The molecule has 0 spiro atoms. The van der Waals surface area contributed by atoms with Gasteiger partial charge in [0, 0.05) is 12.5 Å². The van der Waals surface area contributed by atoms with Crippen LogP contribution in [0.2, 0.25) is 0 Å². The molecule has 8 heteroatoms. The maximum atomic E-state index is 11.2. The van der Waals surface area contributed by atoms with E-state index < -0.39 is 23.8 Å². The maximum Gasteiger partial charge on any atom is 0.308 e. The number of nitrogens with zero attached hydrogens (tertiary/aromatic N) is 3. The highest BCUT2D eigenvalue weighted by atomic mass is 16.5. The highest BCUT2D eigenvalue weighted by Crippen LogP contribution is 2.25. The molecule has 0 radical (unpaired) electrons. The van der Waals surface area contributed by atoms with E-state index in [1.54, 1.807) is 0 Å². The van der Waals surface area contributed by atoms with Crippen LogP contribution in [0.5, 0.6) is 0 Å². The Bertz CT molecular complexity index is 528. The van der Waals surface area contributed by atoms with E-state index in [2.05, 4.69) is 10.1 Å². The first-order chi connectivity index (χ1) is 9.88. The number of hydrogen-bond acceptors (Lipinski definition) is 6. The molecule has 116 valence electrons. The first kappa shape index (κ1) is 15.4. The van der Waals surface area contributed by atoms with Gasteiger partial charge in [0.15, 0.2) is 5.82 Å². The van der Waals surface area contributed by atoms with Crippen molar-refractivity contribution < 1.29 is 24.3 Å². The lowest BCUT2D eigenvalue weighted by atomic mass is 9.85. The minimum Gasteiger partial charge on any atom is -0.481 e. The van der Waals surface area contributed by atoms with Gasteiger partial charge in [0.05, 0.1) is 18.4 Å². The summed E-state index contributed by atoms with van der Waals surface area (Å²) in [6.45, 7) is 4.92. The summed E-state index contributed by atoms with van der Waals surface area (Å²) in [5.74, 6) is -2.69. The van der Waals surface area contributed by atoms with Crippen molar-refractivity contribution in [3.63, 3.8) is 0 Å². The van der Waals surface area contributed by atoms with Crippen molar-refractivity contribution in [3.8, 4) is 0 Å². The highest BCUT2D eigenvalue weighted by Gasteiger charge is 2.39. The fraction of sp³-hybridized carbons (Fsp3) is 0.692. The molecule has 0 saturated carbocycles. The molecular formula is C13H19N3O5. The number of hydrogen-bond donors (Lipinski definition) is 2. The van der Waals surface area contributed by atoms with Gasteiger partial charge in [-0.25, -0.2) is 0 Å². The summed E-state index contributed by atoms with van der Waals surface area (Å²) in [6.07, 6.45) is 0.303. The number of aliphatic carboxylic acids is 2.